The van der Waals surface area contributed by atoms with E-state index in [0.29, 0.717) is 170 Å². The number of amides is 5. The van der Waals surface area contributed by atoms with E-state index < -0.39 is 23.1 Å². The molecule has 792 valence electrons. The second kappa shape index (κ2) is 64.0. The molecule has 6 N–H and O–H groups in total. The third kappa shape index (κ3) is 50.2. The van der Waals surface area contributed by atoms with Crippen molar-refractivity contribution in [1.29, 1.82) is 0 Å². The van der Waals surface area contributed by atoms with E-state index >= 15 is 0 Å². The molecule has 145 heavy (non-hydrogen) atoms. The van der Waals surface area contributed by atoms with Crippen LogP contribution in [0, 0.1) is 47.3 Å². The van der Waals surface area contributed by atoms with Crippen molar-refractivity contribution < 1.29 is 106 Å². The van der Waals surface area contributed by atoms with Crippen LogP contribution in [-0.4, -0.2) is 231 Å². The summed E-state index contributed by atoms with van der Waals surface area (Å²) >= 11 is 46.2. The number of nitrogens with two attached hydrogens (primary N) is 1. The number of likely N-dealkylation sites (tertiary alicyclic amines) is 4. The second-order valence-corrected chi connectivity index (χ2v) is 41.1. The number of benzene rings is 8. The minimum atomic E-state index is -0.995. The summed E-state index contributed by atoms with van der Waals surface area (Å²) in [6, 6.07) is 55.1. The van der Waals surface area contributed by atoms with Crippen molar-refractivity contribution in [3.05, 3.63) is 234 Å². The third-order valence-electron chi connectivity index (χ3n) is 23.4. The predicted molar refractivity (Wildman–Crippen MR) is 568 cm³/mol. The van der Waals surface area contributed by atoms with Crippen LogP contribution in [0.2, 0.25) is 40.2 Å². The maximum absolute atomic E-state index is 12.5. The molecule has 5 aliphatic heterocycles. The highest BCUT2D eigenvalue weighted by molar-refractivity contribution is 6.32. The van der Waals surface area contributed by atoms with Crippen molar-refractivity contribution in [2.45, 2.75) is 151 Å². The fourth-order valence-electron chi connectivity index (χ4n) is 15.4. The Kier molecular flexibility index (Phi) is 54.4. The van der Waals surface area contributed by atoms with Crippen LogP contribution in [-0.2, 0) is 52.6 Å². The zero-order chi connectivity index (χ0) is 106. The molecule has 29 nitrogen and oxygen atoms in total. The van der Waals surface area contributed by atoms with Gasteiger partial charge in [0, 0.05) is 124 Å². The van der Waals surface area contributed by atoms with Crippen LogP contribution in [0.5, 0.6) is 46.0 Å². The average Bonchev–Trinajstić information content (AvgIpc) is 0.865. The smallest absolute Gasteiger partial charge is 0.407 e. The van der Waals surface area contributed by atoms with Crippen LogP contribution >= 0.6 is 105 Å². The highest BCUT2D eigenvalue weighted by Crippen LogP contribution is 2.33. The Balaban J connectivity index is 0.000000265. The number of carbonyl (C=O) groups is 10. The van der Waals surface area contributed by atoms with Crippen molar-refractivity contribution in [2.75, 3.05) is 118 Å². The molecule has 13 rings (SSSR count). The monoisotopic (exact) mass is 2180 g/mol. The van der Waals surface area contributed by atoms with Crippen LogP contribution in [0.15, 0.2) is 194 Å². The SMILES string of the molecule is CC1CN(C(=O)COc2ccc(Cl)cc2)CCC1CC(=O)COc1ccc(Cl)cc1.CC1CN(C(=O)COc2ccc(Cl)cc2)CCC1CC(=O)COc1ccc(Cl)cc1.CC1CN(C(=O)COc2ccc(Cl)cc2)CCC1CC(=O)OC(C)(C)C.CC1CN(C(=O)COc2ccc(Cl)cc2)CCC1N.CC1CNCCC1NC(=O)OC(C)(C)C.Cl.O=C(O)COc1ccc(Cl)cc1.O=C(O)COc1ccc(Cl)cc1. The number of carboxylic acid groups (broad SMARTS) is 2. The summed E-state index contributed by atoms with van der Waals surface area (Å²) in [5.74, 6) is 4.84. The summed E-state index contributed by atoms with van der Waals surface area (Å²) in [6.07, 6.45) is 5.22. The molecule has 5 aliphatic rings. The Hall–Kier alpha value is -10.4. The number of halogens is 9. The zero-order valence-corrected chi connectivity index (χ0v) is 90.4. The quantitative estimate of drug-likeness (QED) is 0.0252. The van der Waals surface area contributed by atoms with Gasteiger partial charge in [-0.25, -0.2) is 14.4 Å². The zero-order valence-electron chi connectivity index (χ0n) is 83.5. The average molecular weight is 2190 g/mol. The standard InChI is InChI=1S/2C23H25Cl2NO4.C20H28ClNO4.C14H19ClN2O2.C11H22N2O2.2C8H7ClO3.ClH/c2*1-16-13-26(23(28)15-30-22-8-4-19(25)5-9-22)11-10-17(16)12-20(27)14-29-21-6-2-18(24)3-7-21;1-14-12-22(10-9-15(14)11-19(24)26-20(2,3)4)18(23)13-25-17-7-5-16(21)6-8-17;1-10-8-17(7-6-13(10)16)14(18)9-19-12-4-2-11(15)3-5-12;1-8-7-12-6-5-9(8)13-10(14)15-11(2,3)4;2*9-6-1-3-7(4-2-6)12-5-8(10)11;/h2*2-9,16-17H,10-15H2,1H3;5-8,14-15H,9-13H2,1-4H3;2-5,10,13H,6-9,16H2,1H3;8-9,12H,5-7H2,1-4H3,(H,13,14);2*1-4H,5H2,(H,10,11);1H. The molecule has 38 heteroatoms. The lowest BCUT2D eigenvalue weighted by Crippen LogP contribution is -2.49. The van der Waals surface area contributed by atoms with Crippen molar-refractivity contribution in [3.8, 4) is 46.0 Å². The molecule has 5 fully saturated rings. The summed E-state index contributed by atoms with van der Waals surface area (Å²) < 4.78 is 53.5. The molecular weight excluding hydrogens is 2050 g/mol. The summed E-state index contributed by atoms with van der Waals surface area (Å²) in [6.45, 7) is 28.3. The number of carbonyl (C=O) groups excluding carboxylic acids is 8. The van der Waals surface area contributed by atoms with Gasteiger partial charge in [-0.15, -0.1) is 12.4 Å². The van der Waals surface area contributed by atoms with Crippen molar-refractivity contribution in [3.63, 3.8) is 0 Å². The number of esters is 1. The first-order valence-corrected chi connectivity index (χ1v) is 50.6. The maximum atomic E-state index is 12.5. The van der Waals surface area contributed by atoms with Crippen LogP contribution in [0.4, 0.5) is 4.79 Å². The number of piperidine rings is 5. The Morgan fingerprint density at radius 2 is 0.566 bits per heavy atom. The van der Waals surface area contributed by atoms with Gasteiger partial charge in [-0.1, -0.05) is 127 Å². The number of aliphatic carboxylic acids is 2. The van der Waals surface area contributed by atoms with Crippen molar-refractivity contribution >= 4 is 164 Å². The number of rotatable bonds is 31. The first-order chi connectivity index (χ1) is 68.2. The molecule has 5 heterocycles. The van der Waals surface area contributed by atoms with Gasteiger partial charge in [-0.3, -0.25) is 33.6 Å². The van der Waals surface area contributed by atoms with Gasteiger partial charge in [0.05, 0.1) is 0 Å². The first kappa shape index (κ1) is 123. The Morgan fingerprint density at radius 1 is 0.331 bits per heavy atom. The Morgan fingerprint density at radius 3 is 0.800 bits per heavy atom. The van der Waals surface area contributed by atoms with Gasteiger partial charge < -0.3 is 93.5 Å². The molecule has 0 bridgehead atoms. The molecule has 10 atom stereocenters. The molecule has 5 saturated heterocycles. The van der Waals surface area contributed by atoms with Crippen LogP contribution in [0.25, 0.3) is 0 Å². The Labute approximate surface area is 896 Å². The van der Waals surface area contributed by atoms with E-state index in [1.54, 1.807) is 194 Å². The molecular formula is C107H134Cl9N7O22. The van der Waals surface area contributed by atoms with Crippen molar-refractivity contribution in [1.82, 2.24) is 30.2 Å². The van der Waals surface area contributed by atoms with Crippen LogP contribution in [0.1, 0.15) is 128 Å². The van der Waals surface area contributed by atoms with Gasteiger partial charge in [0.25, 0.3) is 23.6 Å². The number of ether oxygens (including phenoxy) is 10. The number of nitrogens with zero attached hydrogens (tertiary/aromatic N) is 4. The predicted octanol–water partition coefficient (Wildman–Crippen LogP) is 21.2. The lowest BCUT2D eigenvalue weighted by Gasteiger charge is -2.36. The van der Waals surface area contributed by atoms with Gasteiger partial charge >= 0.3 is 24.0 Å². The van der Waals surface area contributed by atoms with E-state index in [0.717, 1.165) is 45.2 Å². The van der Waals surface area contributed by atoms with E-state index in [-0.39, 0.29) is 160 Å². The molecule has 8 aromatic rings. The van der Waals surface area contributed by atoms with Gasteiger partial charge in [0.1, 0.15) is 70.4 Å². The van der Waals surface area contributed by atoms with Crippen LogP contribution in [0.3, 0.4) is 0 Å². The van der Waals surface area contributed by atoms with Gasteiger partial charge in [-0.05, 0) is 328 Å². The largest absolute Gasteiger partial charge is 0.486 e. The minimum Gasteiger partial charge on any atom is -0.486 e. The van der Waals surface area contributed by atoms with E-state index in [2.05, 4.69) is 45.3 Å². The van der Waals surface area contributed by atoms with Gasteiger partial charge in [-0.2, -0.15) is 0 Å². The number of carboxylic acids is 2. The highest BCUT2D eigenvalue weighted by atomic mass is 35.5. The molecule has 0 aromatic heterocycles. The highest BCUT2D eigenvalue weighted by Gasteiger charge is 2.36. The fraction of sp³-hybridized carbons (Fsp3) is 0.458. The molecule has 5 amide bonds. The molecule has 8 aromatic carbocycles. The first-order valence-electron chi connectivity index (χ1n) is 47.6. The van der Waals surface area contributed by atoms with E-state index in [9.17, 15) is 47.9 Å². The number of ketones is 2. The number of Topliss-reactive ketones (excluding diaryl/α,β-unsaturated/α-hetero) is 2. The molecule has 0 radical (unpaired) electrons. The number of nitrogens with one attached hydrogen (secondary N) is 2. The maximum Gasteiger partial charge on any atom is 0.407 e. The lowest BCUT2D eigenvalue weighted by atomic mass is 9.83. The minimum absolute atomic E-state index is 0. The number of hydrogen-bond donors (Lipinski definition) is 5. The molecule has 10 unspecified atom stereocenters. The molecule has 0 saturated carbocycles. The van der Waals surface area contributed by atoms with Crippen LogP contribution < -0.4 is 54.3 Å². The normalized spacial score (nSPS) is 18.8. The molecule has 0 aliphatic carbocycles. The Bertz CT molecular complexity index is 5090. The lowest BCUT2D eigenvalue weighted by molar-refractivity contribution is -0.157. The second-order valence-electron chi connectivity index (χ2n) is 37.6. The summed E-state index contributed by atoms with van der Waals surface area (Å²) in [4.78, 5) is 125. The number of hydrogen-bond acceptors (Lipinski definition) is 22. The topological polar surface area (TPSA) is 367 Å². The number of alkyl carbamates (subject to hydrolysis) is 1. The van der Waals surface area contributed by atoms with Crippen molar-refractivity contribution in [2.24, 2.45) is 53.1 Å². The van der Waals surface area contributed by atoms with Gasteiger partial charge in [0.2, 0.25) is 0 Å². The van der Waals surface area contributed by atoms with E-state index in [1.807, 2.05) is 61.1 Å². The van der Waals surface area contributed by atoms with E-state index in [1.165, 1.54) is 0 Å². The summed E-state index contributed by atoms with van der Waals surface area (Å²) in [7, 11) is 0. The fourth-order valence-corrected chi connectivity index (χ4v) is 16.4. The van der Waals surface area contributed by atoms with Gasteiger partial charge in [0.15, 0.2) is 51.2 Å². The van der Waals surface area contributed by atoms with E-state index in [4.69, 9.17) is 156 Å². The summed E-state index contributed by atoms with van der Waals surface area (Å²) in [5, 5.41) is 27.7. The molecule has 0 spiro atoms. The third-order valence-corrected chi connectivity index (χ3v) is 25.4. The summed E-state index contributed by atoms with van der Waals surface area (Å²) in [5.41, 5.74) is 5.06.